The van der Waals surface area contributed by atoms with Crippen LogP contribution in [0.3, 0.4) is 0 Å². The Morgan fingerprint density at radius 1 is 1.30 bits per heavy atom. The van der Waals surface area contributed by atoms with Crippen LogP contribution in [0.15, 0.2) is 36.8 Å². The minimum Gasteiger partial charge on any atom is -0.370 e. The fraction of sp³-hybridized carbons (Fsp3) is 0.500. The quantitative estimate of drug-likeness (QED) is 0.745. The van der Waals surface area contributed by atoms with E-state index in [0.717, 1.165) is 56.2 Å². The second-order valence-corrected chi connectivity index (χ2v) is 6.88. The van der Waals surface area contributed by atoms with Gasteiger partial charge in [0.1, 0.15) is 18.0 Å². The molecule has 0 aromatic carbocycles. The summed E-state index contributed by atoms with van der Waals surface area (Å²) in [5, 5.41) is 6.19. The summed E-state index contributed by atoms with van der Waals surface area (Å²) >= 11 is 0. The largest absolute Gasteiger partial charge is 0.370 e. The van der Waals surface area contributed by atoms with Crippen molar-refractivity contribution in [2.75, 3.05) is 29.9 Å². The Morgan fingerprint density at radius 3 is 3.04 bits per heavy atom. The third-order valence-corrected chi connectivity index (χ3v) is 4.83. The highest BCUT2D eigenvalue weighted by atomic mass is 16.1. The van der Waals surface area contributed by atoms with Gasteiger partial charge < -0.3 is 15.5 Å². The first kappa shape index (κ1) is 19.1. The molecule has 1 saturated heterocycles. The van der Waals surface area contributed by atoms with E-state index in [1.165, 1.54) is 0 Å². The molecule has 1 atom stereocenters. The summed E-state index contributed by atoms with van der Waals surface area (Å²) in [6, 6.07) is 7.73. The number of nitrogens with zero attached hydrogens (tertiary/aromatic N) is 4. The van der Waals surface area contributed by atoms with Crippen molar-refractivity contribution in [3.8, 4) is 0 Å². The third-order valence-electron chi connectivity index (χ3n) is 4.83. The summed E-state index contributed by atoms with van der Waals surface area (Å²) in [5.74, 6) is 2.43. The lowest BCUT2D eigenvalue weighted by molar-refractivity contribution is -0.121. The molecule has 1 fully saturated rings. The van der Waals surface area contributed by atoms with E-state index >= 15 is 0 Å². The van der Waals surface area contributed by atoms with Gasteiger partial charge in [0, 0.05) is 38.3 Å². The lowest BCUT2D eigenvalue weighted by Gasteiger charge is -2.33. The van der Waals surface area contributed by atoms with Crippen LogP contribution in [0, 0.1) is 5.92 Å². The van der Waals surface area contributed by atoms with E-state index in [1.54, 1.807) is 12.5 Å². The van der Waals surface area contributed by atoms with Crippen LogP contribution in [0.1, 0.15) is 38.3 Å². The van der Waals surface area contributed by atoms with Gasteiger partial charge >= 0.3 is 0 Å². The van der Waals surface area contributed by atoms with Crippen LogP contribution in [0.5, 0.6) is 0 Å². The van der Waals surface area contributed by atoms with Crippen molar-refractivity contribution in [2.45, 2.75) is 39.2 Å². The number of pyridine rings is 1. The van der Waals surface area contributed by atoms with Crippen molar-refractivity contribution in [1.82, 2.24) is 20.3 Å². The monoisotopic (exact) mass is 368 g/mol. The van der Waals surface area contributed by atoms with Crippen LogP contribution >= 0.6 is 0 Å². The lowest BCUT2D eigenvalue weighted by atomic mass is 9.93. The van der Waals surface area contributed by atoms with Crippen LogP contribution in [0.2, 0.25) is 0 Å². The number of aromatic nitrogens is 3. The van der Waals surface area contributed by atoms with E-state index in [2.05, 4.69) is 37.4 Å². The Morgan fingerprint density at radius 2 is 2.22 bits per heavy atom. The Kier molecular flexibility index (Phi) is 6.96. The van der Waals surface area contributed by atoms with E-state index in [0.29, 0.717) is 18.9 Å². The predicted octanol–water partition coefficient (Wildman–Crippen LogP) is 2.62. The third kappa shape index (κ3) is 5.91. The molecule has 1 aliphatic heterocycles. The van der Waals surface area contributed by atoms with Crippen molar-refractivity contribution in [1.29, 1.82) is 0 Å². The van der Waals surface area contributed by atoms with Gasteiger partial charge in [-0.25, -0.2) is 9.97 Å². The first-order chi connectivity index (χ1) is 13.2. The van der Waals surface area contributed by atoms with Gasteiger partial charge in [-0.15, -0.1) is 0 Å². The zero-order valence-electron chi connectivity index (χ0n) is 15.9. The smallest absolute Gasteiger partial charge is 0.220 e. The van der Waals surface area contributed by atoms with Crippen LogP contribution < -0.4 is 15.5 Å². The number of piperidine rings is 1. The Balaban J connectivity index is 1.45. The minimum atomic E-state index is 0.0919. The molecule has 1 aliphatic rings. The molecule has 7 nitrogen and oxygen atoms in total. The van der Waals surface area contributed by atoms with Gasteiger partial charge in [0.25, 0.3) is 0 Å². The van der Waals surface area contributed by atoms with E-state index in [1.807, 2.05) is 24.3 Å². The molecule has 0 radical (unpaired) electrons. The predicted molar refractivity (Wildman–Crippen MR) is 106 cm³/mol. The van der Waals surface area contributed by atoms with Crippen LogP contribution in [0.4, 0.5) is 11.6 Å². The zero-order valence-corrected chi connectivity index (χ0v) is 15.9. The molecule has 3 heterocycles. The normalized spacial score (nSPS) is 16.8. The first-order valence-electron chi connectivity index (χ1n) is 9.72. The van der Waals surface area contributed by atoms with Crippen LogP contribution in [0.25, 0.3) is 0 Å². The summed E-state index contributed by atoms with van der Waals surface area (Å²) in [6.45, 7) is 5.33. The molecule has 2 aromatic rings. The molecule has 1 amide bonds. The number of hydrogen-bond acceptors (Lipinski definition) is 6. The summed E-state index contributed by atoms with van der Waals surface area (Å²) in [4.78, 5) is 27.3. The lowest BCUT2D eigenvalue weighted by Crippen LogP contribution is -2.36. The van der Waals surface area contributed by atoms with Gasteiger partial charge in [-0.05, 0) is 44.2 Å². The van der Waals surface area contributed by atoms with Crippen molar-refractivity contribution in [3.63, 3.8) is 0 Å². The summed E-state index contributed by atoms with van der Waals surface area (Å²) in [7, 11) is 0. The summed E-state index contributed by atoms with van der Waals surface area (Å²) in [6.07, 6.45) is 7.10. The van der Waals surface area contributed by atoms with Crippen LogP contribution in [-0.2, 0) is 11.3 Å². The molecule has 27 heavy (non-hydrogen) atoms. The Hall–Kier alpha value is -2.70. The number of rotatable bonds is 8. The van der Waals surface area contributed by atoms with Gasteiger partial charge in [0.2, 0.25) is 5.91 Å². The molecular weight excluding hydrogens is 340 g/mol. The molecule has 1 unspecified atom stereocenters. The fourth-order valence-corrected chi connectivity index (χ4v) is 3.42. The average molecular weight is 368 g/mol. The zero-order chi connectivity index (χ0) is 18.9. The molecule has 2 aromatic heterocycles. The average Bonchev–Trinajstić information content (AvgIpc) is 2.72. The topological polar surface area (TPSA) is 83.0 Å². The highest BCUT2D eigenvalue weighted by Crippen LogP contribution is 2.25. The molecular formula is C20H28N6O. The molecule has 144 valence electrons. The van der Waals surface area contributed by atoms with Gasteiger partial charge in [-0.2, -0.15) is 0 Å². The molecule has 0 spiro atoms. The van der Waals surface area contributed by atoms with Crippen molar-refractivity contribution < 1.29 is 4.79 Å². The van der Waals surface area contributed by atoms with E-state index in [9.17, 15) is 4.79 Å². The molecule has 3 rings (SSSR count). The summed E-state index contributed by atoms with van der Waals surface area (Å²) < 4.78 is 0. The first-order valence-corrected chi connectivity index (χ1v) is 9.72. The van der Waals surface area contributed by atoms with Crippen molar-refractivity contribution in [2.24, 2.45) is 5.92 Å². The molecule has 2 N–H and O–H groups in total. The standard InChI is InChI=1S/C20H28N6O/c1-2-21-18-12-19(25-15-24-18)26-11-5-6-16(14-26)8-9-20(27)23-13-17-7-3-4-10-22-17/h3-4,7,10,12,15-16H,2,5-6,8-9,11,13-14H2,1H3,(H,23,27)(H,21,24,25). The van der Waals surface area contributed by atoms with Crippen molar-refractivity contribution >= 4 is 17.5 Å². The van der Waals surface area contributed by atoms with Crippen LogP contribution in [-0.4, -0.2) is 40.5 Å². The minimum absolute atomic E-state index is 0.0919. The molecule has 0 aliphatic carbocycles. The summed E-state index contributed by atoms with van der Waals surface area (Å²) in [5.41, 5.74) is 0.884. The molecule has 0 saturated carbocycles. The number of carbonyl (C=O) groups is 1. The highest BCUT2D eigenvalue weighted by molar-refractivity contribution is 5.75. The number of anilines is 2. The maximum Gasteiger partial charge on any atom is 0.220 e. The second kappa shape index (κ2) is 9.85. The number of hydrogen-bond donors (Lipinski definition) is 2. The van der Waals surface area contributed by atoms with Gasteiger partial charge in [-0.3, -0.25) is 9.78 Å². The highest BCUT2D eigenvalue weighted by Gasteiger charge is 2.22. The van der Waals surface area contributed by atoms with Gasteiger partial charge in [0.15, 0.2) is 0 Å². The maximum absolute atomic E-state index is 12.1. The second-order valence-electron chi connectivity index (χ2n) is 6.88. The van der Waals surface area contributed by atoms with E-state index in [4.69, 9.17) is 0 Å². The SMILES string of the molecule is CCNc1cc(N2CCCC(CCC(=O)NCc3ccccn3)C2)ncn1. The maximum atomic E-state index is 12.1. The number of nitrogens with one attached hydrogen (secondary N) is 2. The van der Waals surface area contributed by atoms with Crippen molar-refractivity contribution in [3.05, 3.63) is 42.5 Å². The Bertz CT molecular complexity index is 723. The number of carbonyl (C=O) groups excluding carboxylic acids is 1. The van der Waals surface area contributed by atoms with Gasteiger partial charge in [0.05, 0.1) is 12.2 Å². The van der Waals surface area contributed by atoms with E-state index < -0.39 is 0 Å². The fourth-order valence-electron chi connectivity index (χ4n) is 3.42. The Labute approximate surface area is 160 Å². The van der Waals surface area contributed by atoms with Gasteiger partial charge in [-0.1, -0.05) is 6.07 Å². The molecule has 0 bridgehead atoms. The number of amides is 1. The van der Waals surface area contributed by atoms with E-state index in [-0.39, 0.29) is 5.91 Å². The molecule has 7 heteroatoms.